The SMILES string of the molecule is CN1[C@@H]2CC[C@H]1CC(NC(=O)c1c(-c3cccs3)n(C)c3ccccc13)C2. The van der Waals surface area contributed by atoms with Gasteiger partial charge in [-0.25, -0.2) is 0 Å². The van der Waals surface area contributed by atoms with E-state index in [0.29, 0.717) is 12.1 Å². The molecule has 1 aromatic carbocycles. The third-order valence-electron chi connectivity index (χ3n) is 6.52. The van der Waals surface area contributed by atoms with Crippen LogP contribution in [0.5, 0.6) is 0 Å². The lowest BCUT2D eigenvalue weighted by Gasteiger charge is -2.36. The van der Waals surface area contributed by atoms with E-state index in [9.17, 15) is 4.79 Å². The van der Waals surface area contributed by atoms with Gasteiger partial charge in [0.15, 0.2) is 0 Å². The number of benzene rings is 1. The lowest BCUT2D eigenvalue weighted by Crippen LogP contribution is -2.48. The summed E-state index contributed by atoms with van der Waals surface area (Å²) in [6.07, 6.45) is 4.67. The fourth-order valence-corrected chi connectivity index (χ4v) is 5.92. The highest BCUT2D eigenvalue weighted by Gasteiger charge is 2.39. The number of rotatable bonds is 3. The number of hydrogen-bond acceptors (Lipinski definition) is 3. The number of nitrogens with one attached hydrogen (secondary N) is 1. The summed E-state index contributed by atoms with van der Waals surface area (Å²) in [6.45, 7) is 0. The number of thiophene rings is 1. The zero-order valence-corrected chi connectivity index (χ0v) is 16.6. The van der Waals surface area contributed by atoms with Gasteiger partial charge in [0.2, 0.25) is 0 Å². The van der Waals surface area contributed by atoms with E-state index < -0.39 is 0 Å². The maximum atomic E-state index is 13.4. The fourth-order valence-electron chi connectivity index (χ4n) is 5.11. The molecule has 1 N–H and O–H groups in total. The summed E-state index contributed by atoms with van der Waals surface area (Å²) >= 11 is 1.69. The number of para-hydroxylation sites is 1. The Morgan fingerprint density at radius 2 is 1.81 bits per heavy atom. The molecule has 140 valence electrons. The summed E-state index contributed by atoms with van der Waals surface area (Å²) in [5.41, 5.74) is 2.95. The minimum absolute atomic E-state index is 0.0733. The topological polar surface area (TPSA) is 37.3 Å². The first kappa shape index (κ1) is 17.0. The number of hydrogen-bond donors (Lipinski definition) is 1. The lowest BCUT2D eigenvalue weighted by atomic mass is 9.97. The maximum Gasteiger partial charge on any atom is 0.254 e. The quantitative estimate of drug-likeness (QED) is 0.738. The van der Waals surface area contributed by atoms with Gasteiger partial charge in [0, 0.05) is 36.1 Å². The molecule has 2 aliphatic heterocycles. The molecule has 2 saturated heterocycles. The molecule has 1 amide bonds. The van der Waals surface area contributed by atoms with Crippen LogP contribution < -0.4 is 5.32 Å². The van der Waals surface area contributed by atoms with Gasteiger partial charge in [0.05, 0.1) is 16.1 Å². The van der Waals surface area contributed by atoms with Crippen LogP contribution in [0.15, 0.2) is 41.8 Å². The van der Waals surface area contributed by atoms with Crippen molar-refractivity contribution < 1.29 is 4.79 Å². The van der Waals surface area contributed by atoms with Gasteiger partial charge >= 0.3 is 0 Å². The van der Waals surface area contributed by atoms with E-state index in [0.717, 1.165) is 39.9 Å². The number of carbonyl (C=O) groups excluding carboxylic acids is 1. The number of fused-ring (bicyclic) bond motifs is 3. The van der Waals surface area contributed by atoms with Crippen LogP contribution in [-0.2, 0) is 7.05 Å². The third kappa shape index (κ3) is 2.72. The Hall–Kier alpha value is -2.11. The summed E-state index contributed by atoms with van der Waals surface area (Å²) < 4.78 is 2.16. The second-order valence-electron chi connectivity index (χ2n) is 7.97. The highest BCUT2D eigenvalue weighted by atomic mass is 32.1. The van der Waals surface area contributed by atoms with Crippen molar-refractivity contribution in [2.45, 2.75) is 43.8 Å². The third-order valence-corrected chi connectivity index (χ3v) is 7.40. The van der Waals surface area contributed by atoms with E-state index in [1.165, 1.54) is 12.8 Å². The van der Waals surface area contributed by atoms with Gasteiger partial charge in [-0.3, -0.25) is 4.79 Å². The fraction of sp³-hybridized carbons (Fsp3) is 0.409. The first-order chi connectivity index (χ1) is 13.1. The maximum absolute atomic E-state index is 13.4. The van der Waals surface area contributed by atoms with Crippen LogP contribution in [0, 0.1) is 0 Å². The molecular weight excluding hydrogens is 354 g/mol. The molecular formula is C22H25N3OS. The van der Waals surface area contributed by atoms with Crippen LogP contribution in [-0.4, -0.2) is 40.5 Å². The summed E-state index contributed by atoms with van der Waals surface area (Å²) in [5.74, 6) is 0.0733. The van der Waals surface area contributed by atoms with Crippen molar-refractivity contribution in [3.63, 3.8) is 0 Å². The molecule has 0 saturated carbocycles. The Morgan fingerprint density at radius 1 is 1.07 bits per heavy atom. The number of amides is 1. The predicted octanol–water partition coefficient (Wildman–Crippen LogP) is 4.26. The summed E-state index contributed by atoms with van der Waals surface area (Å²) in [4.78, 5) is 17.1. The summed E-state index contributed by atoms with van der Waals surface area (Å²) in [5, 5.41) is 6.50. The first-order valence-electron chi connectivity index (χ1n) is 9.77. The second-order valence-corrected chi connectivity index (χ2v) is 8.92. The Balaban J connectivity index is 1.52. The zero-order chi connectivity index (χ0) is 18.5. The van der Waals surface area contributed by atoms with Gasteiger partial charge in [-0.05, 0) is 50.2 Å². The van der Waals surface area contributed by atoms with E-state index >= 15 is 0 Å². The minimum Gasteiger partial charge on any atom is -0.349 e. The first-order valence-corrected chi connectivity index (χ1v) is 10.7. The van der Waals surface area contributed by atoms with E-state index in [1.807, 2.05) is 18.2 Å². The van der Waals surface area contributed by atoms with Gasteiger partial charge < -0.3 is 14.8 Å². The van der Waals surface area contributed by atoms with Crippen LogP contribution in [0.25, 0.3) is 21.5 Å². The van der Waals surface area contributed by atoms with Crippen molar-refractivity contribution in [1.82, 2.24) is 14.8 Å². The standard InChI is InChI=1S/C22H25N3OS/c1-24-15-9-10-16(24)13-14(12-15)23-22(26)20-17-6-3-4-7-18(17)25(2)21(20)19-8-5-11-27-19/h3-8,11,14-16H,9-10,12-13H2,1-2H3,(H,23,26)/t14?,15-,16+. The van der Waals surface area contributed by atoms with Crippen molar-refractivity contribution in [3.8, 4) is 10.6 Å². The van der Waals surface area contributed by atoms with Gasteiger partial charge in [-0.1, -0.05) is 24.3 Å². The van der Waals surface area contributed by atoms with E-state index in [2.05, 4.69) is 52.5 Å². The van der Waals surface area contributed by atoms with Crippen LogP contribution in [0.3, 0.4) is 0 Å². The van der Waals surface area contributed by atoms with Crippen molar-refractivity contribution in [2.24, 2.45) is 7.05 Å². The molecule has 4 heterocycles. The molecule has 0 spiro atoms. The van der Waals surface area contributed by atoms with Gasteiger partial charge in [-0.2, -0.15) is 0 Å². The Kier molecular flexibility index (Phi) is 4.10. The van der Waals surface area contributed by atoms with Crippen molar-refractivity contribution in [2.75, 3.05) is 7.05 Å². The molecule has 4 nitrogen and oxygen atoms in total. The molecule has 2 aromatic heterocycles. The molecule has 2 fully saturated rings. The number of aromatic nitrogens is 1. The predicted molar refractivity (Wildman–Crippen MR) is 111 cm³/mol. The molecule has 3 atom stereocenters. The lowest BCUT2D eigenvalue weighted by molar-refractivity contribution is 0.0884. The Morgan fingerprint density at radius 3 is 2.52 bits per heavy atom. The molecule has 3 aromatic rings. The summed E-state index contributed by atoms with van der Waals surface area (Å²) in [7, 11) is 4.30. The Bertz CT molecular complexity index is 977. The minimum atomic E-state index is 0.0733. The van der Waals surface area contributed by atoms with Crippen LogP contribution in [0.1, 0.15) is 36.0 Å². The zero-order valence-electron chi connectivity index (χ0n) is 15.8. The number of aryl methyl sites for hydroxylation is 1. The van der Waals surface area contributed by atoms with Gasteiger partial charge in [0.1, 0.15) is 0 Å². The summed E-state index contributed by atoms with van der Waals surface area (Å²) in [6, 6.07) is 13.9. The largest absolute Gasteiger partial charge is 0.349 e. The average Bonchev–Trinajstić information content (AvgIpc) is 3.33. The van der Waals surface area contributed by atoms with E-state index in [4.69, 9.17) is 0 Å². The molecule has 5 heteroatoms. The number of piperidine rings is 1. The molecule has 27 heavy (non-hydrogen) atoms. The van der Waals surface area contributed by atoms with Crippen LogP contribution >= 0.6 is 11.3 Å². The van der Waals surface area contributed by atoms with Gasteiger partial charge in [0.25, 0.3) is 5.91 Å². The van der Waals surface area contributed by atoms with Crippen molar-refractivity contribution >= 4 is 28.1 Å². The van der Waals surface area contributed by atoms with Gasteiger partial charge in [-0.15, -0.1) is 11.3 Å². The van der Waals surface area contributed by atoms with Crippen LogP contribution in [0.4, 0.5) is 0 Å². The molecule has 2 aliphatic rings. The highest BCUT2D eigenvalue weighted by molar-refractivity contribution is 7.13. The smallest absolute Gasteiger partial charge is 0.254 e. The molecule has 1 unspecified atom stereocenters. The normalized spacial score (nSPS) is 25.2. The molecule has 5 rings (SSSR count). The monoisotopic (exact) mass is 379 g/mol. The van der Waals surface area contributed by atoms with Crippen molar-refractivity contribution in [3.05, 3.63) is 47.3 Å². The Labute approximate surface area is 163 Å². The van der Waals surface area contributed by atoms with Crippen LogP contribution in [0.2, 0.25) is 0 Å². The molecule has 0 aliphatic carbocycles. The van der Waals surface area contributed by atoms with E-state index in [1.54, 1.807) is 11.3 Å². The number of carbonyl (C=O) groups is 1. The molecule has 0 radical (unpaired) electrons. The van der Waals surface area contributed by atoms with Crippen molar-refractivity contribution in [1.29, 1.82) is 0 Å². The second kappa shape index (κ2) is 6.50. The molecule has 2 bridgehead atoms. The van der Waals surface area contributed by atoms with E-state index in [-0.39, 0.29) is 11.9 Å². The average molecular weight is 380 g/mol. The highest BCUT2D eigenvalue weighted by Crippen LogP contribution is 2.37. The number of nitrogens with zero attached hydrogens (tertiary/aromatic N) is 2.